The minimum atomic E-state index is -1.22. The number of aliphatic hydroxyl groups is 1. The molecule has 0 spiro atoms. The zero-order chi connectivity index (χ0) is 12.4. The molecule has 2 rings (SSSR count). The quantitative estimate of drug-likeness (QED) is 0.861. The molecular weight excluding hydrogens is 230 g/mol. The molecule has 5 heteroatoms. The lowest BCUT2D eigenvalue weighted by atomic mass is 10.0. The summed E-state index contributed by atoms with van der Waals surface area (Å²) >= 11 is 0. The Balaban J connectivity index is 2.24. The summed E-state index contributed by atoms with van der Waals surface area (Å²) in [4.78, 5) is 0. The Morgan fingerprint density at radius 2 is 2.06 bits per heavy atom. The lowest BCUT2D eigenvalue weighted by Crippen LogP contribution is -2.34. The molecule has 1 aliphatic rings. The molecule has 2 atom stereocenters. The maximum absolute atomic E-state index is 13.6. The van der Waals surface area contributed by atoms with E-state index in [9.17, 15) is 13.9 Å². The third kappa shape index (κ3) is 2.46. The Hall–Kier alpha value is -1.04. The smallest absolute Gasteiger partial charge is 0.164 e. The maximum atomic E-state index is 13.6. The molecule has 17 heavy (non-hydrogen) atoms. The van der Waals surface area contributed by atoms with Crippen molar-refractivity contribution in [2.24, 2.45) is 0 Å². The highest BCUT2D eigenvalue weighted by molar-refractivity contribution is 5.27. The summed E-state index contributed by atoms with van der Waals surface area (Å²) in [5.74, 6) is -1.95. The molecule has 1 N–H and O–H groups in total. The molecule has 0 aromatic heterocycles. The fraction of sp³-hybridized carbons (Fsp3) is 0.500. The van der Waals surface area contributed by atoms with Crippen LogP contribution in [0.15, 0.2) is 12.1 Å². The fourth-order valence-electron chi connectivity index (χ4n) is 1.78. The van der Waals surface area contributed by atoms with Gasteiger partial charge in [0.1, 0.15) is 12.2 Å². The zero-order valence-corrected chi connectivity index (χ0v) is 9.45. The van der Waals surface area contributed by atoms with Crippen LogP contribution in [0.25, 0.3) is 0 Å². The van der Waals surface area contributed by atoms with Gasteiger partial charge < -0.3 is 14.6 Å². The molecule has 3 nitrogen and oxygen atoms in total. The van der Waals surface area contributed by atoms with E-state index >= 15 is 0 Å². The van der Waals surface area contributed by atoms with Crippen LogP contribution in [0.4, 0.5) is 8.78 Å². The van der Waals surface area contributed by atoms with Crippen LogP contribution in [0.3, 0.4) is 0 Å². The topological polar surface area (TPSA) is 38.7 Å². The molecule has 0 aliphatic carbocycles. The summed E-state index contributed by atoms with van der Waals surface area (Å²) in [5, 5.41) is 9.93. The van der Waals surface area contributed by atoms with Gasteiger partial charge in [-0.15, -0.1) is 0 Å². The number of rotatable bonds is 2. The van der Waals surface area contributed by atoms with Gasteiger partial charge in [0.25, 0.3) is 0 Å². The van der Waals surface area contributed by atoms with E-state index < -0.39 is 23.8 Å². The van der Waals surface area contributed by atoms with Gasteiger partial charge in [0.05, 0.1) is 19.8 Å². The van der Waals surface area contributed by atoms with Gasteiger partial charge >= 0.3 is 0 Å². The summed E-state index contributed by atoms with van der Waals surface area (Å²) in [6.07, 6.45) is -1.87. The van der Waals surface area contributed by atoms with E-state index in [2.05, 4.69) is 0 Å². The van der Waals surface area contributed by atoms with Crippen molar-refractivity contribution in [2.75, 3.05) is 19.8 Å². The largest absolute Gasteiger partial charge is 0.385 e. The summed E-state index contributed by atoms with van der Waals surface area (Å²) in [5.41, 5.74) is 0.114. The van der Waals surface area contributed by atoms with Crippen molar-refractivity contribution in [2.45, 2.75) is 19.1 Å². The molecule has 1 aliphatic heterocycles. The molecule has 1 fully saturated rings. The van der Waals surface area contributed by atoms with Crippen molar-refractivity contribution in [3.8, 4) is 0 Å². The van der Waals surface area contributed by atoms with Gasteiger partial charge in [-0.2, -0.15) is 0 Å². The van der Waals surface area contributed by atoms with Crippen molar-refractivity contribution in [1.82, 2.24) is 0 Å². The van der Waals surface area contributed by atoms with Gasteiger partial charge in [0.2, 0.25) is 0 Å². The Bertz CT molecular complexity index is 403. The van der Waals surface area contributed by atoms with E-state index in [0.29, 0.717) is 13.2 Å². The number of benzene rings is 1. The molecular formula is C12H14F2O3. The standard InChI is InChI=1S/C12H14F2O3/c1-7-2-3-8(11(14)10(7)13)12(15)9-6-16-4-5-17-9/h2-3,9,12,15H,4-6H2,1H3. The van der Waals surface area contributed by atoms with Crippen molar-refractivity contribution in [3.05, 3.63) is 34.9 Å². The molecule has 1 aromatic rings. The van der Waals surface area contributed by atoms with Gasteiger partial charge in [-0.3, -0.25) is 0 Å². The van der Waals surface area contributed by atoms with E-state index in [0.717, 1.165) is 0 Å². The Morgan fingerprint density at radius 1 is 1.29 bits per heavy atom. The third-order valence-corrected chi connectivity index (χ3v) is 2.82. The molecule has 0 amide bonds. The minimum Gasteiger partial charge on any atom is -0.385 e. The number of hydrogen-bond acceptors (Lipinski definition) is 3. The van der Waals surface area contributed by atoms with Gasteiger partial charge in [-0.1, -0.05) is 12.1 Å². The van der Waals surface area contributed by atoms with Crippen LogP contribution in [-0.4, -0.2) is 31.0 Å². The van der Waals surface area contributed by atoms with Crippen LogP contribution in [0.5, 0.6) is 0 Å². The lowest BCUT2D eigenvalue weighted by Gasteiger charge is -2.27. The third-order valence-electron chi connectivity index (χ3n) is 2.82. The number of aliphatic hydroxyl groups excluding tert-OH is 1. The monoisotopic (exact) mass is 244 g/mol. The second-order valence-electron chi connectivity index (χ2n) is 4.03. The minimum absolute atomic E-state index is 0.0939. The highest BCUT2D eigenvalue weighted by Crippen LogP contribution is 2.26. The molecule has 94 valence electrons. The van der Waals surface area contributed by atoms with Crippen LogP contribution in [0.2, 0.25) is 0 Å². The van der Waals surface area contributed by atoms with Crippen LogP contribution in [-0.2, 0) is 9.47 Å². The van der Waals surface area contributed by atoms with Crippen molar-refractivity contribution in [1.29, 1.82) is 0 Å². The van der Waals surface area contributed by atoms with Gasteiger partial charge in [0, 0.05) is 5.56 Å². The number of ether oxygens (including phenoxy) is 2. The molecule has 0 radical (unpaired) electrons. The van der Waals surface area contributed by atoms with E-state index in [-0.39, 0.29) is 17.7 Å². The van der Waals surface area contributed by atoms with Gasteiger partial charge in [0.15, 0.2) is 11.6 Å². The normalized spacial score (nSPS) is 22.5. The predicted molar refractivity (Wildman–Crippen MR) is 56.6 cm³/mol. The molecule has 1 saturated heterocycles. The van der Waals surface area contributed by atoms with Crippen LogP contribution in [0, 0.1) is 18.6 Å². The Labute approximate surface area is 98.0 Å². The first kappa shape index (κ1) is 12.4. The molecule has 0 bridgehead atoms. The number of aryl methyl sites for hydroxylation is 1. The maximum Gasteiger partial charge on any atom is 0.164 e. The van der Waals surface area contributed by atoms with Gasteiger partial charge in [-0.05, 0) is 12.5 Å². The van der Waals surface area contributed by atoms with E-state index in [4.69, 9.17) is 9.47 Å². The fourth-order valence-corrected chi connectivity index (χ4v) is 1.78. The summed E-state index contributed by atoms with van der Waals surface area (Å²) in [7, 11) is 0. The SMILES string of the molecule is Cc1ccc(C(O)C2COCCO2)c(F)c1F. The highest BCUT2D eigenvalue weighted by Gasteiger charge is 2.28. The van der Waals surface area contributed by atoms with E-state index in [1.165, 1.54) is 19.1 Å². The first-order chi connectivity index (χ1) is 8.11. The number of hydrogen-bond donors (Lipinski definition) is 1. The van der Waals surface area contributed by atoms with E-state index in [1.54, 1.807) is 0 Å². The molecule has 2 unspecified atom stereocenters. The summed E-state index contributed by atoms with van der Waals surface area (Å²) < 4.78 is 37.4. The molecule has 0 saturated carbocycles. The lowest BCUT2D eigenvalue weighted by molar-refractivity contribution is -0.134. The van der Waals surface area contributed by atoms with Crippen LogP contribution in [0.1, 0.15) is 17.2 Å². The van der Waals surface area contributed by atoms with Crippen LogP contribution >= 0.6 is 0 Å². The van der Waals surface area contributed by atoms with Crippen molar-refractivity contribution < 1.29 is 23.4 Å². The molecule has 1 heterocycles. The Morgan fingerprint density at radius 3 is 2.71 bits per heavy atom. The first-order valence-electron chi connectivity index (χ1n) is 5.43. The second-order valence-corrected chi connectivity index (χ2v) is 4.03. The average Bonchev–Trinajstić information content (AvgIpc) is 2.36. The first-order valence-corrected chi connectivity index (χ1v) is 5.43. The molecule has 1 aromatic carbocycles. The van der Waals surface area contributed by atoms with Crippen LogP contribution < -0.4 is 0 Å². The highest BCUT2D eigenvalue weighted by atomic mass is 19.2. The van der Waals surface area contributed by atoms with Gasteiger partial charge in [-0.25, -0.2) is 8.78 Å². The van der Waals surface area contributed by atoms with Crippen molar-refractivity contribution >= 4 is 0 Å². The summed E-state index contributed by atoms with van der Waals surface area (Å²) in [6, 6.07) is 2.80. The summed E-state index contributed by atoms with van der Waals surface area (Å²) in [6.45, 7) is 2.44. The number of halogens is 2. The second kappa shape index (κ2) is 5.08. The van der Waals surface area contributed by atoms with E-state index in [1.807, 2.05) is 0 Å². The zero-order valence-electron chi connectivity index (χ0n) is 9.45. The Kier molecular flexibility index (Phi) is 3.71. The average molecular weight is 244 g/mol. The predicted octanol–water partition coefficient (Wildman–Crippen LogP) is 1.72. The van der Waals surface area contributed by atoms with Crippen molar-refractivity contribution in [3.63, 3.8) is 0 Å².